The molecule has 0 aromatic heterocycles. The number of carbonyl (C=O) groups is 1. The molecule has 1 aliphatic rings. The molecule has 116 valence electrons. The highest BCUT2D eigenvalue weighted by atomic mass is 16.5. The minimum atomic E-state index is 0.0651. The van der Waals surface area contributed by atoms with Crippen molar-refractivity contribution in [1.82, 2.24) is 5.32 Å². The van der Waals surface area contributed by atoms with Crippen molar-refractivity contribution in [1.29, 1.82) is 0 Å². The van der Waals surface area contributed by atoms with Gasteiger partial charge < -0.3 is 15.8 Å². The van der Waals surface area contributed by atoms with Crippen LogP contribution in [0.15, 0.2) is 24.3 Å². The summed E-state index contributed by atoms with van der Waals surface area (Å²) in [5.74, 6) is 0.864. The molecule has 1 aromatic rings. The quantitative estimate of drug-likeness (QED) is 0.875. The van der Waals surface area contributed by atoms with Crippen molar-refractivity contribution >= 4 is 5.91 Å². The van der Waals surface area contributed by atoms with Crippen LogP contribution >= 0.6 is 0 Å². The Bertz CT molecular complexity index is 466. The summed E-state index contributed by atoms with van der Waals surface area (Å²) in [6.07, 6.45) is 4.43. The minimum absolute atomic E-state index is 0.0651. The van der Waals surface area contributed by atoms with Gasteiger partial charge in [0.25, 0.3) is 0 Å². The SMILES string of the molecule is CC(C)Oc1ccccc1CC(=O)NC1CCC(N)CC1. The predicted octanol–water partition coefficient (Wildman–Crippen LogP) is 2.40. The van der Waals surface area contributed by atoms with Gasteiger partial charge in [0.05, 0.1) is 12.5 Å². The molecule has 0 unspecified atom stereocenters. The minimum Gasteiger partial charge on any atom is -0.491 e. The van der Waals surface area contributed by atoms with Crippen molar-refractivity contribution in [3.63, 3.8) is 0 Å². The number of hydrogen-bond acceptors (Lipinski definition) is 3. The van der Waals surface area contributed by atoms with Gasteiger partial charge in [0.15, 0.2) is 0 Å². The van der Waals surface area contributed by atoms with Crippen LogP contribution in [0.25, 0.3) is 0 Å². The Kier molecular flexibility index (Phi) is 5.62. The average Bonchev–Trinajstić information content (AvgIpc) is 2.43. The number of hydrogen-bond donors (Lipinski definition) is 2. The predicted molar refractivity (Wildman–Crippen MR) is 84.3 cm³/mol. The fraction of sp³-hybridized carbons (Fsp3) is 0.588. The fourth-order valence-electron chi connectivity index (χ4n) is 2.73. The first kappa shape index (κ1) is 15.8. The van der Waals surface area contributed by atoms with E-state index in [0.717, 1.165) is 37.0 Å². The summed E-state index contributed by atoms with van der Waals surface area (Å²) in [4.78, 5) is 12.2. The van der Waals surface area contributed by atoms with Gasteiger partial charge in [0.2, 0.25) is 5.91 Å². The Morgan fingerprint density at radius 3 is 2.62 bits per heavy atom. The standard InChI is InChI=1S/C17H26N2O2/c1-12(2)21-16-6-4-3-5-13(16)11-17(20)19-15-9-7-14(18)8-10-15/h3-6,12,14-15H,7-11,18H2,1-2H3,(H,19,20). The first-order valence-electron chi connectivity index (χ1n) is 7.84. The molecule has 0 aliphatic heterocycles. The molecule has 4 nitrogen and oxygen atoms in total. The van der Waals surface area contributed by atoms with Crippen molar-refractivity contribution in [2.75, 3.05) is 0 Å². The van der Waals surface area contributed by atoms with Crippen LogP contribution in [0.4, 0.5) is 0 Å². The zero-order valence-electron chi connectivity index (χ0n) is 13.0. The van der Waals surface area contributed by atoms with E-state index >= 15 is 0 Å². The van der Waals surface area contributed by atoms with Gasteiger partial charge >= 0.3 is 0 Å². The molecule has 1 fully saturated rings. The molecule has 0 heterocycles. The maximum atomic E-state index is 12.2. The second-order valence-corrected chi connectivity index (χ2v) is 6.13. The third kappa shape index (κ3) is 5.05. The first-order chi connectivity index (χ1) is 10.0. The molecule has 1 amide bonds. The maximum Gasteiger partial charge on any atom is 0.224 e. The van der Waals surface area contributed by atoms with E-state index in [0.29, 0.717) is 12.5 Å². The van der Waals surface area contributed by atoms with Crippen LogP contribution < -0.4 is 15.8 Å². The molecule has 0 spiro atoms. The van der Waals surface area contributed by atoms with Gasteiger partial charge in [0, 0.05) is 17.6 Å². The number of nitrogens with two attached hydrogens (primary N) is 1. The lowest BCUT2D eigenvalue weighted by Crippen LogP contribution is -2.41. The highest BCUT2D eigenvalue weighted by Gasteiger charge is 2.20. The summed E-state index contributed by atoms with van der Waals surface area (Å²) in [7, 11) is 0. The number of carbonyl (C=O) groups excluding carboxylic acids is 1. The number of nitrogens with one attached hydrogen (secondary N) is 1. The monoisotopic (exact) mass is 290 g/mol. The zero-order valence-corrected chi connectivity index (χ0v) is 13.0. The Morgan fingerprint density at radius 1 is 1.29 bits per heavy atom. The topological polar surface area (TPSA) is 64.3 Å². The Hall–Kier alpha value is -1.55. The van der Waals surface area contributed by atoms with Gasteiger partial charge in [-0.3, -0.25) is 4.79 Å². The van der Waals surface area contributed by atoms with Gasteiger partial charge in [-0.25, -0.2) is 0 Å². The number of ether oxygens (including phenoxy) is 1. The van der Waals surface area contributed by atoms with Crippen LogP contribution in [-0.2, 0) is 11.2 Å². The van der Waals surface area contributed by atoms with E-state index in [9.17, 15) is 4.79 Å². The van der Waals surface area contributed by atoms with E-state index in [4.69, 9.17) is 10.5 Å². The highest BCUT2D eigenvalue weighted by Crippen LogP contribution is 2.21. The molecule has 0 radical (unpaired) electrons. The fourth-order valence-corrected chi connectivity index (χ4v) is 2.73. The lowest BCUT2D eigenvalue weighted by Gasteiger charge is -2.27. The first-order valence-corrected chi connectivity index (χ1v) is 7.84. The van der Waals surface area contributed by atoms with Gasteiger partial charge in [-0.2, -0.15) is 0 Å². The Labute approximate surface area is 127 Å². The Morgan fingerprint density at radius 2 is 1.95 bits per heavy atom. The second kappa shape index (κ2) is 7.46. The molecule has 2 rings (SSSR count). The molecule has 4 heteroatoms. The van der Waals surface area contributed by atoms with Crippen LogP contribution in [-0.4, -0.2) is 24.1 Å². The van der Waals surface area contributed by atoms with Gasteiger partial charge in [-0.1, -0.05) is 18.2 Å². The molecule has 21 heavy (non-hydrogen) atoms. The smallest absolute Gasteiger partial charge is 0.224 e. The van der Waals surface area contributed by atoms with Crippen LogP contribution in [0.3, 0.4) is 0 Å². The van der Waals surface area contributed by atoms with E-state index in [-0.39, 0.29) is 18.1 Å². The summed E-state index contributed by atoms with van der Waals surface area (Å²) >= 11 is 0. The van der Waals surface area contributed by atoms with Crippen LogP contribution in [0.2, 0.25) is 0 Å². The molecule has 0 atom stereocenters. The van der Waals surface area contributed by atoms with E-state index < -0.39 is 0 Å². The number of para-hydroxylation sites is 1. The molecule has 1 saturated carbocycles. The summed E-state index contributed by atoms with van der Waals surface area (Å²) in [6, 6.07) is 8.32. The number of amides is 1. The van der Waals surface area contributed by atoms with Gasteiger partial charge in [0.1, 0.15) is 5.75 Å². The number of benzene rings is 1. The summed E-state index contributed by atoms with van der Waals surface area (Å²) in [5.41, 5.74) is 6.83. The third-order valence-electron chi connectivity index (χ3n) is 3.82. The largest absolute Gasteiger partial charge is 0.491 e. The van der Waals surface area contributed by atoms with Crippen molar-refractivity contribution < 1.29 is 9.53 Å². The molecular weight excluding hydrogens is 264 g/mol. The van der Waals surface area contributed by atoms with Crippen molar-refractivity contribution in [3.05, 3.63) is 29.8 Å². The Balaban J connectivity index is 1.90. The van der Waals surface area contributed by atoms with Crippen LogP contribution in [0, 0.1) is 0 Å². The van der Waals surface area contributed by atoms with Crippen LogP contribution in [0.5, 0.6) is 5.75 Å². The van der Waals surface area contributed by atoms with Gasteiger partial charge in [-0.15, -0.1) is 0 Å². The van der Waals surface area contributed by atoms with E-state index in [1.165, 1.54) is 0 Å². The van der Waals surface area contributed by atoms with Crippen molar-refractivity contribution in [2.24, 2.45) is 5.73 Å². The van der Waals surface area contributed by atoms with Crippen LogP contribution in [0.1, 0.15) is 45.1 Å². The lowest BCUT2D eigenvalue weighted by molar-refractivity contribution is -0.121. The van der Waals surface area contributed by atoms with Crippen molar-refractivity contribution in [3.8, 4) is 5.75 Å². The van der Waals surface area contributed by atoms with E-state index in [1.807, 2.05) is 38.1 Å². The van der Waals surface area contributed by atoms with E-state index in [1.54, 1.807) is 0 Å². The average molecular weight is 290 g/mol. The maximum absolute atomic E-state index is 12.2. The molecule has 1 aliphatic carbocycles. The van der Waals surface area contributed by atoms with E-state index in [2.05, 4.69) is 5.32 Å². The third-order valence-corrected chi connectivity index (χ3v) is 3.82. The molecule has 1 aromatic carbocycles. The molecule has 3 N–H and O–H groups in total. The molecular formula is C17H26N2O2. The highest BCUT2D eigenvalue weighted by molar-refractivity contribution is 5.79. The number of rotatable bonds is 5. The normalized spacial score (nSPS) is 22.1. The summed E-state index contributed by atoms with van der Waals surface area (Å²) < 4.78 is 5.75. The molecule has 0 bridgehead atoms. The van der Waals surface area contributed by atoms with Crippen molar-refractivity contribution in [2.45, 2.75) is 64.1 Å². The summed E-state index contributed by atoms with van der Waals surface area (Å²) in [6.45, 7) is 3.98. The second-order valence-electron chi connectivity index (χ2n) is 6.13. The molecule has 0 saturated heterocycles. The summed E-state index contributed by atoms with van der Waals surface area (Å²) in [5, 5.41) is 3.12. The lowest BCUT2D eigenvalue weighted by atomic mass is 9.91. The van der Waals surface area contributed by atoms with Gasteiger partial charge in [-0.05, 0) is 45.6 Å². The zero-order chi connectivity index (χ0) is 15.2.